The maximum atomic E-state index is 14.5. The van der Waals surface area contributed by atoms with Crippen molar-refractivity contribution in [1.29, 1.82) is 0 Å². The second kappa shape index (κ2) is 21.1. The van der Waals surface area contributed by atoms with Crippen LogP contribution < -0.4 is 0 Å². The van der Waals surface area contributed by atoms with Crippen LogP contribution in [-0.2, 0) is 42.4 Å². The van der Waals surface area contributed by atoms with Crippen LogP contribution in [-0.4, -0.2) is 114 Å². The summed E-state index contributed by atoms with van der Waals surface area (Å²) < 4.78 is 49.0. The highest BCUT2D eigenvalue weighted by Crippen LogP contribution is 2.42. The molecule has 1 heterocycles. The number of carbonyl (C=O) groups excluding carboxylic acids is 3. The van der Waals surface area contributed by atoms with E-state index < -0.39 is 63.1 Å². The molecule has 1 aliphatic heterocycles. The molecule has 0 radical (unpaired) electrons. The topological polar surface area (TPSA) is 161 Å². The van der Waals surface area contributed by atoms with Gasteiger partial charge in [0.2, 0.25) is 6.29 Å². The lowest BCUT2D eigenvalue weighted by molar-refractivity contribution is -0.274. The summed E-state index contributed by atoms with van der Waals surface area (Å²) in [7, 11) is -5.17. The quantitative estimate of drug-likeness (QED) is 0.194. The van der Waals surface area contributed by atoms with E-state index in [0.29, 0.717) is 0 Å². The number of phosphoric acid groups is 1. The molecule has 1 saturated heterocycles. The summed E-state index contributed by atoms with van der Waals surface area (Å²) in [5, 5.41) is 0. The molecule has 0 aromatic rings. The molecule has 1 unspecified atom stereocenters. The molecule has 13 nitrogen and oxygen atoms in total. The summed E-state index contributed by atoms with van der Waals surface area (Å²) in [5.41, 5.74) is 0. The number of halogens is 1. The average Bonchev–Trinajstić information content (AvgIpc) is 2.84. The van der Waals surface area contributed by atoms with E-state index >= 15 is 0 Å². The first-order chi connectivity index (χ1) is 18.1. The van der Waals surface area contributed by atoms with E-state index in [2.05, 4.69) is 55.9 Å². The van der Waals surface area contributed by atoms with Gasteiger partial charge in [-0.15, -0.1) is 0 Å². The van der Waals surface area contributed by atoms with Gasteiger partial charge in [-0.3, -0.25) is 18.9 Å². The molecule has 1 fully saturated rings. The zero-order valence-corrected chi connectivity index (χ0v) is 25.5. The number of esters is 3. The molecule has 0 aromatic heterocycles. The Labute approximate surface area is 231 Å². The van der Waals surface area contributed by atoms with E-state index in [1.807, 2.05) is 0 Å². The molecule has 39 heavy (non-hydrogen) atoms. The molecule has 1 rings (SSSR count). The van der Waals surface area contributed by atoms with Crippen LogP contribution in [0.1, 0.15) is 62.3 Å². The van der Waals surface area contributed by atoms with Gasteiger partial charge in [0, 0.05) is 20.8 Å². The molecule has 1 aliphatic rings. The van der Waals surface area contributed by atoms with Crippen molar-refractivity contribution in [3.63, 3.8) is 0 Å². The third-order valence-corrected chi connectivity index (χ3v) is 6.03. The first-order valence-corrected chi connectivity index (χ1v) is 14.6. The van der Waals surface area contributed by atoms with Gasteiger partial charge >= 0.3 is 25.7 Å². The summed E-state index contributed by atoms with van der Waals surface area (Å²) >= 11 is 0. The SMILES string of the molecule is CC(=O)OC[C@H]1OC(OP(=O)(O)O)[C@H](F)[C@@H](OC(C)=O)[C@@H]1OC(C)=O.CCN(CC)CC.CCN(CC)CC. The number of nitrogens with zero attached hydrogens (tertiary/aromatic N) is 2. The van der Waals surface area contributed by atoms with Crippen LogP contribution in [0.5, 0.6) is 0 Å². The average molecular weight is 591 g/mol. The van der Waals surface area contributed by atoms with Crippen molar-refractivity contribution in [3.05, 3.63) is 0 Å². The number of alkyl halides is 1. The third-order valence-electron chi connectivity index (χ3n) is 5.55. The second-order valence-corrected chi connectivity index (χ2v) is 9.47. The van der Waals surface area contributed by atoms with Crippen molar-refractivity contribution < 1.29 is 56.6 Å². The molecule has 0 saturated carbocycles. The highest BCUT2D eigenvalue weighted by Gasteiger charge is 2.52. The number of ether oxygens (including phenoxy) is 4. The number of rotatable bonds is 12. The van der Waals surface area contributed by atoms with E-state index in [9.17, 15) is 23.3 Å². The minimum atomic E-state index is -5.17. The van der Waals surface area contributed by atoms with Crippen molar-refractivity contribution in [2.45, 2.75) is 93.1 Å². The van der Waals surface area contributed by atoms with Crippen molar-refractivity contribution >= 4 is 25.7 Å². The number of hydrogen-bond acceptors (Lipinski definition) is 11. The highest BCUT2D eigenvalue weighted by atomic mass is 31.2. The fourth-order valence-electron chi connectivity index (χ4n) is 3.42. The fraction of sp³-hybridized carbons (Fsp3) is 0.875. The normalized spacial score (nSPS) is 22.7. The van der Waals surface area contributed by atoms with Gasteiger partial charge in [-0.25, -0.2) is 8.96 Å². The molecule has 2 N–H and O–H groups in total. The lowest BCUT2D eigenvalue weighted by Gasteiger charge is -2.41. The zero-order chi connectivity index (χ0) is 30.8. The molecule has 0 aromatic carbocycles. The lowest BCUT2D eigenvalue weighted by atomic mass is 9.99. The van der Waals surface area contributed by atoms with Crippen LogP contribution in [0.3, 0.4) is 0 Å². The molecule has 15 heteroatoms. The van der Waals surface area contributed by atoms with Crippen LogP contribution >= 0.6 is 7.82 Å². The van der Waals surface area contributed by atoms with Crippen LogP contribution in [0.25, 0.3) is 0 Å². The van der Waals surface area contributed by atoms with Gasteiger partial charge in [0.25, 0.3) is 0 Å². The summed E-state index contributed by atoms with van der Waals surface area (Å²) in [6.45, 7) is 22.7. The Hall–Kier alpha value is -1.67. The number of hydrogen-bond donors (Lipinski definition) is 2. The van der Waals surface area contributed by atoms with Gasteiger partial charge in [-0.2, -0.15) is 0 Å². The minimum Gasteiger partial charge on any atom is -0.463 e. The second-order valence-electron chi connectivity index (χ2n) is 8.27. The monoisotopic (exact) mass is 590 g/mol. The number of carbonyl (C=O) groups is 3. The van der Waals surface area contributed by atoms with E-state index in [-0.39, 0.29) is 0 Å². The Morgan fingerprint density at radius 2 is 1.15 bits per heavy atom. The first-order valence-electron chi connectivity index (χ1n) is 13.1. The smallest absolute Gasteiger partial charge is 0.463 e. The molecule has 5 atom stereocenters. The van der Waals surface area contributed by atoms with Gasteiger partial charge < -0.3 is 38.5 Å². The Balaban J connectivity index is 0. The highest BCUT2D eigenvalue weighted by molar-refractivity contribution is 7.46. The maximum Gasteiger partial charge on any atom is 0.472 e. The maximum absolute atomic E-state index is 14.5. The molecular weight excluding hydrogens is 542 g/mol. The fourth-order valence-corrected chi connectivity index (χ4v) is 3.86. The molecule has 0 amide bonds. The summed E-state index contributed by atoms with van der Waals surface area (Å²) in [6, 6.07) is 0. The van der Waals surface area contributed by atoms with E-state index in [1.165, 1.54) is 39.3 Å². The summed E-state index contributed by atoms with van der Waals surface area (Å²) in [6.07, 6.45) is -9.28. The van der Waals surface area contributed by atoms with Crippen LogP contribution in [0.2, 0.25) is 0 Å². The Kier molecular flexibility index (Phi) is 21.4. The van der Waals surface area contributed by atoms with Gasteiger partial charge in [0.05, 0.1) is 0 Å². The van der Waals surface area contributed by atoms with Crippen molar-refractivity contribution in [1.82, 2.24) is 9.80 Å². The van der Waals surface area contributed by atoms with Gasteiger partial charge in [0.1, 0.15) is 12.7 Å². The molecule has 232 valence electrons. The van der Waals surface area contributed by atoms with Crippen LogP contribution in [0.15, 0.2) is 0 Å². The minimum absolute atomic E-state index is 0.571. The Bertz CT molecular complexity index is 725. The van der Waals surface area contributed by atoms with Crippen LogP contribution in [0.4, 0.5) is 4.39 Å². The predicted octanol–water partition coefficient (Wildman–Crippen LogP) is 2.28. The predicted molar refractivity (Wildman–Crippen MR) is 141 cm³/mol. The van der Waals surface area contributed by atoms with Crippen molar-refractivity contribution in [2.24, 2.45) is 0 Å². The molecular formula is C24H48FN2O11P. The van der Waals surface area contributed by atoms with E-state index in [1.54, 1.807) is 0 Å². The molecule has 0 spiro atoms. The van der Waals surface area contributed by atoms with Crippen LogP contribution in [0, 0.1) is 0 Å². The van der Waals surface area contributed by atoms with Gasteiger partial charge in [0.15, 0.2) is 18.4 Å². The standard InChI is InChI=1S/C12H18FO11P.2C6H15N/c1-5(14)20-4-8-10(21-6(2)15)11(22-7(3)16)9(13)12(23-8)24-25(17,18)19;2*1-4-7(5-2)6-3/h8-12H,4H2,1-3H3,(H2,17,18,19);2*4-6H2,1-3H3/t8-,9-,10-,11-,12?;;/m1../s1. The van der Waals surface area contributed by atoms with E-state index in [0.717, 1.165) is 20.8 Å². The van der Waals surface area contributed by atoms with Crippen molar-refractivity contribution in [3.8, 4) is 0 Å². The van der Waals surface area contributed by atoms with E-state index in [4.69, 9.17) is 28.7 Å². The third kappa shape index (κ3) is 18.3. The molecule has 0 aliphatic carbocycles. The Morgan fingerprint density at radius 3 is 1.44 bits per heavy atom. The zero-order valence-electron chi connectivity index (χ0n) is 24.6. The Morgan fingerprint density at radius 1 is 0.769 bits per heavy atom. The largest absolute Gasteiger partial charge is 0.472 e. The van der Waals surface area contributed by atoms with Crippen molar-refractivity contribution in [2.75, 3.05) is 45.9 Å². The van der Waals surface area contributed by atoms with Gasteiger partial charge in [-0.1, -0.05) is 41.5 Å². The summed E-state index contributed by atoms with van der Waals surface area (Å²) in [4.78, 5) is 55.8. The number of phosphoric ester groups is 1. The molecule has 0 bridgehead atoms. The first kappa shape index (κ1) is 39.5. The summed E-state index contributed by atoms with van der Waals surface area (Å²) in [5.74, 6) is -2.57. The lowest BCUT2D eigenvalue weighted by Crippen LogP contribution is -2.60. The van der Waals surface area contributed by atoms with Gasteiger partial charge in [-0.05, 0) is 39.3 Å².